The summed E-state index contributed by atoms with van der Waals surface area (Å²) in [5, 5.41) is 16.9. The summed E-state index contributed by atoms with van der Waals surface area (Å²) in [6.45, 7) is 1.92. The van der Waals surface area contributed by atoms with Crippen LogP contribution in [-0.4, -0.2) is 59.1 Å². The molecule has 0 bridgehead atoms. The van der Waals surface area contributed by atoms with Gasteiger partial charge in [-0.3, -0.25) is 0 Å². The average molecular weight is 176 g/mol. The zero-order valence-corrected chi connectivity index (χ0v) is 5.61. The first-order valence-corrected chi connectivity index (χ1v) is 3.00. The van der Waals surface area contributed by atoms with Crippen LogP contribution in [0.2, 0.25) is 0 Å². The zero-order valence-electron chi connectivity index (χ0n) is 4.79. The van der Waals surface area contributed by atoms with E-state index in [1.165, 1.54) is 0 Å². The van der Waals surface area contributed by atoms with E-state index in [9.17, 15) is 0 Å². The summed E-state index contributed by atoms with van der Waals surface area (Å²) in [4.78, 5) is 0. The van der Waals surface area contributed by atoms with Crippen LogP contribution >= 0.6 is 12.2 Å². The number of aliphatic hydroxyl groups excluding tert-OH is 2. The standard InChI is InChI=1S/C5H10O2S.Ca.2H/c1-2-3-4(6)5(7)8;;;/h4,6H,2-3H2,1H3,(H,7,8);;;. The maximum absolute atomic E-state index is 8.74. The molecule has 2 nitrogen and oxygen atoms in total. The fourth-order valence-corrected chi connectivity index (χ4v) is 0.515. The Bertz CT molecular complexity index is 87.0. The van der Waals surface area contributed by atoms with E-state index >= 15 is 0 Å². The van der Waals surface area contributed by atoms with Gasteiger partial charge in [-0.1, -0.05) is 13.3 Å². The first-order valence-electron chi connectivity index (χ1n) is 2.59. The SMILES string of the molecule is CCCC(O)C(O)=S.[CaH2]. The van der Waals surface area contributed by atoms with Crippen molar-refractivity contribution in [2.24, 2.45) is 0 Å². The second kappa shape index (κ2) is 7.22. The van der Waals surface area contributed by atoms with Crippen molar-refractivity contribution in [2.45, 2.75) is 25.9 Å². The van der Waals surface area contributed by atoms with E-state index in [4.69, 9.17) is 10.2 Å². The van der Waals surface area contributed by atoms with Gasteiger partial charge in [0.25, 0.3) is 0 Å². The molecule has 0 aromatic heterocycles. The van der Waals surface area contributed by atoms with Crippen LogP contribution in [0.1, 0.15) is 19.8 Å². The zero-order chi connectivity index (χ0) is 6.57. The molecule has 2 N–H and O–H groups in total. The Morgan fingerprint density at radius 1 is 1.67 bits per heavy atom. The fourth-order valence-electron chi connectivity index (χ4n) is 0.397. The van der Waals surface area contributed by atoms with Crippen LogP contribution < -0.4 is 0 Å². The molecule has 0 amide bonds. The van der Waals surface area contributed by atoms with E-state index in [-0.39, 0.29) is 42.8 Å². The number of rotatable bonds is 3. The van der Waals surface area contributed by atoms with Crippen LogP contribution in [0.5, 0.6) is 0 Å². The predicted molar refractivity (Wildman–Crippen MR) is 44.7 cm³/mol. The molecule has 0 fully saturated rings. The number of thiocarbonyl (C=S) groups is 1. The summed E-state index contributed by atoms with van der Waals surface area (Å²) in [6.07, 6.45) is 0.590. The molecule has 0 spiro atoms. The molecule has 0 aromatic rings. The molecule has 1 unspecified atom stereocenters. The molecule has 0 saturated carbocycles. The van der Waals surface area contributed by atoms with Gasteiger partial charge in [-0.2, -0.15) is 0 Å². The van der Waals surface area contributed by atoms with Crippen LogP contribution in [0.4, 0.5) is 0 Å². The minimum absolute atomic E-state index is 0. The van der Waals surface area contributed by atoms with Crippen molar-refractivity contribution in [1.82, 2.24) is 0 Å². The molecule has 0 rings (SSSR count). The monoisotopic (exact) mass is 176 g/mol. The van der Waals surface area contributed by atoms with Crippen LogP contribution in [-0.2, 0) is 0 Å². The molecular weight excluding hydrogens is 164 g/mol. The molecule has 0 aliphatic carbocycles. The van der Waals surface area contributed by atoms with Gasteiger partial charge < -0.3 is 10.2 Å². The van der Waals surface area contributed by atoms with Crippen molar-refractivity contribution in [1.29, 1.82) is 0 Å². The summed E-state index contributed by atoms with van der Waals surface area (Å²) in [7, 11) is 0. The Morgan fingerprint density at radius 2 is 2.11 bits per heavy atom. The number of hydrogen-bond acceptors (Lipinski definition) is 2. The first-order chi connectivity index (χ1) is 3.68. The van der Waals surface area contributed by atoms with Gasteiger partial charge in [0.2, 0.25) is 0 Å². The average Bonchev–Trinajstić information content (AvgIpc) is 1.67. The van der Waals surface area contributed by atoms with Gasteiger partial charge in [0.1, 0.15) is 6.10 Å². The second-order valence-electron chi connectivity index (χ2n) is 1.64. The Morgan fingerprint density at radius 3 is 2.22 bits per heavy atom. The molecule has 0 radical (unpaired) electrons. The Labute approximate surface area is 90.3 Å². The van der Waals surface area contributed by atoms with Crippen molar-refractivity contribution in [2.75, 3.05) is 0 Å². The summed E-state index contributed by atoms with van der Waals surface area (Å²) >= 11 is 4.29. The molecule has 0 aliphatic heterocycles. The van der Waals surface area contributed by atoms with Gasteiger partial charge in [0.05, 0.1) is 0 Å². The molecule has 0 heterocycles. The summed E-state index contributed by atoms with van der Waals surface area (Å²) in [5.74, 6) is 0. The van der Waals surface area contributed by atoms with Gasteiger partial charge in [0, 0.05) is 0 Å². The van der Waals surface area contributed by atoms with Gasteiger partial charge in [-0.25, -0.2) is 0 Å². The van der Waals surface area contributed by atoms with Gasteiger partial charge >= 0.3 is 37.7 Å². The van der Waals surface area contributed by atoms with Crippen LogP contribution in [0.3, 0.4) is 0 Å². The van der Waals surface area contributed by atoms with Crippen LogP contribution in [0.15, 0.2) is 0 Å². The van der Waals surface area contributed by atoms with Crippen molar-refractivity contribution < 1.29 is 10.2 Å². The van der Waals surface area contributed by atoms with Crippen molar-refractivity contribution in [3.8, 4) is 0 Å². The van der Waals surface area contributed by atoms with Gasteiger partial charge in [-0.15, -0.1) is 0 Å². The molecule has 9 heavy (non-hydrogen) atoms. The molecule has 4 heteroatoms. The van der Waals surface area contributed by atoms with Crippen molar-refractivity contribution >= 4 is 55.0 Å². The van der Waals surface area contributed by atoms with E-state index < -0.39 is 6.10 Å². The first kappa shape index (κ1) is 12.8. The predicted octanol–water partition coefficient (Wildman–Crippen LogP) is 0.117. The molecule has 0 aromatic carbocycles. The third kappa shape index (κ3) is 7.00. The Balaban J connectivity index is 0. The molecule has 0 aliphatic rings. The summed E-state index contributed by atoms with van der Waals surface area (Å²) in [6, 6.07) is 0. The van der Waals surface area contributed by atoms with E-state index in [1.54, 1.807) is 0 Å². The summed E-state index contributed by atoms with van der Waals surface area (Å²) < 4.78 is 0. The van der Waals surface area contributed by atoms with Crippen LogP contribution in [0, 0.1) is 0 Å². The third-order valence-corrected chi connectivity index (χ3v) is 1.12. The van der Waals surface area contributed by atoms with Crippen molar-refractivity contribution in [3.63, 3.8) is 0 Å². The van der Waals surface area contributed by atoms with Gasteiger partial charge in [0.15, 0.2) is 5.05 Å². The normalized spacial score (nSPS) is 11.8. The second-order valence-corrected chi connectivity index (χ2v) is 2.06. The van der Waals surface area contributed by atoms with E-state index in [0.29, 0.717) is 6.42 Å². The fraction of sp³-hybridized carbons (Fsp3) is 0.800. The molecule has 0 saturated heterocycles. The Kier molecular flexibility index (Phi) is 10.2. The molecule has 52 valence electrons. The molecular formula is C5H12CaO2S. The Hall–Kier alpha value is 1.11. The van der Waals surface area contributed by atoms with Crippen LogP contribution in [0.25, 0.3) is 0 Å². The number of hydrogen-bond donors (Lipinski definition) is 2. The molecule has 1 atom stereocenters. The number of aliphatic hydroxyl groups is 2. The van der Waals surface area contributed by atoms with E-state index in [2.05, 4.69) is 12.2 Å². The van der Waals surface area contributed by atoms with Crippen molar-refractivity contribution in [3.05, 3.63) is 0 Å². The van der Waals surface area contributed by atoms with E-state index in [1.807, 2.05) is 6.92 Å². The van der Waals surface area contributed by atoms with Gasteiger partial charge in [-0.05, 0) is 18.6 Å². The maximum atomic E-state index is 8.74. The minimum atomic E-state index is -0.796. The quantitative estimate of drug-likeness (QED) is 0.474. The summed E-state index contributed by atoms with van der Waals surface area (Å²) in [5.41, 5.74) is 0. The topological polar surface area (TPSA) is 40.5 Å². The third-order valence-electron chi connectivity index (χ3n) is 0.847. The van der Waals surface area contributed by atoms with E-state index in [0.717, 1.165) is 6.42 Å².